The van der Waals surface area contributed by atoms with Crippen LogP contribution in [-0.4, -0.2) is 18.8 Å². The quantitative estimate of drug-likeness (QED) is 0.844. The molecule has 3 N–H and O–H groups in total. The summed E-state index contributed by atoms with van der Waals surface area (Å²) in [5.41, 5.74) is 8.00. The molecule has 1 aromatic carbocycles. The van der Waals surface area contributed by atoms with Gasteiger partial charge in [0.1, 0.15) is 0 Å². The fourth-order valence-electron chi connectivity index (χ4n) is 2.04. The Hall–Kier alpha value is -0.580. The maximum Gasteiger partial charge on any atom is 0.0483 e. The van der Waals surface area contributed by atoms with E-state index in [9.17, 15) is 0 Å². The van der Waals surface area contributed by atoms with Crippen molar-refractivity contribution in [3.05, 3.63) is 28.2 Å². The molecule has 4 heteroatoms. The highest BCUT2D eigenvalue weighted by molar-refractivity contribution is 9.10. The molecule has 0 amide bonds. The van der Waals surface area contributed by atoms with E-state index in [1.54, 1.807) is 0 Å². The summed E-state index contributed by atoms with van der Waals surface area (Å²) in [5.74, 6) is 0. The van der Waals surface area contributed by atoms with Gasteiger partial charge in [-0.2, -0.15) is 0 Å². The van der Waals surface area contributed by atoms with E-state index in [4.69, 9.17) is 10.5 Å². The maximum atomic E-state index is 5.80. The van der Waals surface area contributed by atoms with Crippen LogP contribution in [0.4, 0.5) is 5.69 Å². The van der Waals surface area contributed by atoms with E-state index in [-0.39, 0.29) is 5.54 Å². The zero-order valence-electron chi connectivity index (χ0n) is 10.1. The third-order valence-corrected chi connectivity index (χ3v) is 4.15. The second-order valence-corrected chi connectivity index (χ2v) is 5.73. The van der Waals surface area contributed by atoms with Crippen molar-refractivity contribution in [3.8, 4) is 0 Å². The number of benzene rings is 1. The van der Waals surface area contributed by atoms with Gasteiger partial charge in [0.25, 0.3) is 0 Å². The number of hydrogen-bond acceptors (Lipinski definition) is 3. The topological polar surface area (TPSA) is 47.3 Å². The predicted molar refractivity (Wildman–Crippen MR) is 73.9 cm³/mol. The molecule has 0 radical (unpaired) electrons. The first-order valence-electron chi connectivity index (χ1n) is 5.96. The molecule has 3 nitrogen and oxygen atoms in total. The Bertz CT molecular complexity index is 389. The van der Waals surface area contributed by atoms with Gasteiger partial charge in [-0.25, -0.2) is 0 Å². The summed E-state index contributed by atoms with van der Waals surface area (Å²) >= 11 is 3.55. The van der Waals surface area contributed by atoms with Crippen molar-refractivity contribution in [2.45, 2.75) is 31.8 Å². The van der Waals surface area contributed by atoms with Gasteiger partial charge in [-0.15, -0.1) is 0 Å². The Kier molecular flexibility index (Phi) is 4.07. The predicted octanol–water partition coefficient (Wildman–Crippen LogP) is 2.69. The SMILES string of the molecule is CC1(NCc2cc(N)ccc2Br)CCOCC1. The molecular weight excluding hydrogens is 280 g/mol. The van der Waals surface area contributed by atoms with Crippen LogP contribution >= 0.6 is 15.9 Å². The first kappa shape index (κ1) is 12.9. The van der Waals surface area contributed by atoms with Gasteiger partial charge in [0.2, 0.25) is 0 Å². The lowest BCUT2D eigenvalue weighted by Gasteiger charge is -2.34. The average Bonchev–Trinajstić information content (AvgIpc) is 2.31. The molecule has 0 bridgehead atoms. The Balaban J connectivity index is 1.99. The molecule has 1 heterocycles. The minimum Gasteiger partial charge on any atom is -0.399 e. The van der Waals surface area contributed by atoms with Gasteiger partial charge < -0.3 is 15.8 Å². The Morgan fingerprint density at radius 1 is 1.41 bits per heavy atom. The maximum absolute atomic E-state index is 5.80. The first-order valence-corrected chi connectivity index (χ1v) is 6.75. The number of nitrogens with one attached hydrogen (secondary N) is 1. The summed E-state index contributed by atoms with van der Waals surface area (Å²) in [6, 6.07) is 5.92. The van der Waals surface area contributed by atoms with Crippen LogP contribution in [-0.2, 0) is 11.3 Å². The van der Waals surface area contributed by atoms with Crippen LogP contribution in [0.5, 0.6) is 0 Å². The summed E-state index contributed by atoms with van der Waals surface area (Å²) in [6.45, 7) is 4.79. The van der Waals surface area contributed by atoms with Crippen LogP contribution < -0.4 is 11.1 Å². The third kappa shape index (κ3) is 3.44. The van der Waals surface area contributed by atoms with Crippen LogP contribution in [0.1, 0.15) is 25.3 Å². The monoisotopic (exact) mass is 298 g/mol. The van der Waals surface area contributed by atoms with E-state index >= 15 is 0 Å². The van der Waals surface area contributed by atoms with Gasteiger partial charge in [-0.05, 0) is 43.5 Å². The standard InChI is InChI=1S/C13H19BrN2O/c1-13(4-6-17-7-5-13)16-9-10-8-11(15)2-3-12(10)14/h2-3,8,16H,4-7,9,15H2,1H3. The lowest BCUT2D eigenvalue weighted by Crippen LogP contribution is -2.46. The largest absolute Gasteiger partial charge is 0.399 e. The summed E-state index contributed by atoms with van der Waals surface area (Å²) < 4.78 is 6.50. The zero-order valence-corrected chi connectivity index (χ0v) is 11.7. The number of rotatable bonds is 3. The van der Waals surface area contributed by atoms with Crippen molar-refractivity contribution < 1.29 is 4.74 Å². The van der Waals surface area contributed by atoms with Crippen molar-refractivity contribution >= 4 is 21.6 Å². The van der Waals surface area contributed by atoms with E-state index in [1.165, 1.54) is 5.56 Å². The van der Waals surface area contributed by atoms with Crippen molar-refractivity contribution in [1.82, 2.24) is 5.32 Å². The Morgan fingerprint density at radius 3 is 2.82 bits per heavy atom. The zero-order chi connectivity index (χ0) is 12.3. The molecule has 1 aliphatic heterocycles. The lowest BCUT2D eigenvalue weighted by atomic mass is 9.92. The van der Waals surface area contributed by atoms with Gasteiger partial charge in [0.05, 0.1) is 0 Å². The third-order valence-electron chi connectivity index (χ3n) is 3.37. The van der Waals surface area contributed by atoms with E-state index in [0.29, 0.717) is 0 Å². The molecule has 94 valence electrons. The van der Waals surface area contributed by atoms with Gasteiger partial charge in [0.15, 0.2) is 0 Å². The number of hydrogen-bond donors (Lipinski definition) is 2. The van der Waals surface area contributed by atoms with E-state index in [2.05, 4.69) is 28.2 Å². The first-order chi connectivity index (χ1) is 8.09. The Morgan fingerprint density at radius 2 is 2.12 bits per heavy atom. The van der Waals surface area contributed by atoms with Crippen molar-refractivity contribution in [1.29, 1.82) is 0 Å². The molecular formula is C13H19BrN2O. The van der Waals surface area contributed by atoms with Crippen LogP contribution in [0, 0.1) is 0 Å². The van der Waals surface area contributed by atoms with Crippen LogP contribution in [0.3, 0.4) is 0 Å². The number of anilines is 1. The summed E-state index contributed by atoms with van der Waals surface area (Å²) in [7, 11) is 0. The molecule has 0 unspecified atom stereocenters. The van der Waals surface area contributed by atoms with E-state index in [1.807, 2.05) is 18.2 Å². The van der Waals surface area contributed by atoms with Gasteiger partial charge in [-0.1, -0.05) is 15.9 Å². The highest BCUT2D eigenvalue weighted by Gasteiger charge is 2.26. The molecule has 1 saturated heterocycles. The van der Waals surface area contributed by atoms with E-state index < -0.39 is 0 Å². The number of nitrogen functional groups attached to an aromatic ring is 1. The van der Waals surface area contributed by atoms with Gasteiger partial charge in [-0.3, -0.25) is 0 Å². The normalized spacial score (nSPS) is 19.2. The van der Waals surface area contributed by atoms with Crippen LogP contribution in [0.2, 0.25) is 0 Å². The molecule has 1 fully saturated rings. The number of ether oxygens (including phenoxy) is 1. The molecule has 1 aromatic rings. The number of halogens is 1. The minimum absolute atomic E-state index is 0.183. The highest BCUT2D eigenvalue weighted by atomic mass is 79.9. The fourth-order valence-corrected chi connectivity index (χ4v) is 2.42. The average molecular weight is 299 g/mol. The summed E-state index contributed by atoms with van der Waals surface area (Å²) in [5, 5.41) is 3.62. The number of nitrogens with two attached hydrogens (primary N) is 1. The van der Waals surface area contributed by atoms with Crippen LogP contribution in [0.25, 0.3) is 0 Å². The van der Waals surface area contributed by atoms with Crippen LogP contribution in [0.15, 0.2) is 22.7 Å². The smallest absolute Gasteiger partial charge is 0.0483 e. The summed E-state index contributed by atoms with van der Waals surface area (Å²) in [6.07, 6.45) is 2.12. The van der Waals surface area contributed by atoms with Crippen molar-refractivity contribution in [3.63, 3.8) is 0 Å². The summed E-state index contributed by atoms with van der Waals surface area (Å²) in [4.78, 5) is 0. The molecule has 0 atom stereocenters. The molecule has 2 rings (SSSR count). The fraction of sp³-hybridized carbons (Fsp3) is 0.538. The second-order valence-electron chi connectivity index (χ2n) is 4.88. The molecule has 1 aliphatic rings. The van der Waals surface area contributed by atoms with Crippen molar-refractivity contribution in [2.75, 3.05) is 18.9 Å². The molecule has 0 aliphatic carbocycles. The molecule has 0 saturated carbocycles. The Labute approximate surface area is 111 Å². The molecule has 0 spiro atoms. The molecule has 17 heavy (non-hydrogen) atoms. The van der Waals surface area contributed by atoms with Crippen molar-refractivity contribution in [2.24, 2.45) is 0 Å². The van der Waals surface area contributed by atoms with Gasteiger partial charge >= 0.3 is 0 Å². The second kappa shape index (κ2) is 5.38. The molecule has 0 aromatic heterocycles. The lowest BCUT2D eigenvalue weighted by molar-refractivity contribution is 0.0446. The van der Waals surface area contributed by atoms with Gasteiger partial charge in [0, 0.05) is 35.5 Å². The van der Waals surface area contributed by atoms with E-state index in [0.717, 1.165) is 42.8 Å². The minimum atomic E-state index is 0.183. The highest BCUT2D eigenvalue weighted by Crippen LogP contribution is 2.23.